The average molecular weight is 357 g/mol. The number of hydrogen-bond donors (Lipinski definition) is 2. The lowest BCUT2D eigenvalue weighted by Crippen LogP contribution is -2.43. The molecule has 0 saturated heterocycles. The normalized spacial score (nSPS) is 11.7. The molecule has 7 nitrogen and oxygen atoms in total. The average Bonchev–Trinajstić information content (AvgIpc) is 2.62. The molecule has 0 bridgehead atoms. The van der Waals surface area contributed by atoms with Crippen molar-refractivity contribution in [1.29, 1.82) is 0 Å². The van der Waals surface area contributed by atoms with Crippen LogP contribution in [-0.2, 0) is 11.3 Å². The zero-order valence-corrected chi connectivity index (χ0v) is 15.1. The number of amides is 3. The molecule has 7 heteroatoms. The van der Waals surface area contributed by atoms with Gasteiger partial charge in [0, 0.05) is 6.54 Å². The van der Waals surface area contributed by atoms with E-state index in [4.69, 9.17) is 15.2 Å². The van der Waals surface area contributed by atoms with Crippen LogP contribution in [-0.4, -0.2) is 38.1 Å². The Morgan fingerprint density at radius 2 is 1.73 bits per heavy atom. The summed E-state index contributed by atoms with van der Waals surface area (Å²) in [6.45, 7) is 0.450. The van der Waals surface area contributed by atoms with Gasteiger partial charge < -0.3 is 15.2 Å². The summed E-state index contributed by atoms with van der Waals surface area (Å²) in [6, 6.07) is 13.2. The number of urea groups is 1. The highest BCUT2D eigenvalue weighted by atomic mass is 16.5. The summed E-state index contributed by atoms with van der Waals surface area (Å²) < 4.78 is 10.6. The third-order valence-corrected chi connectivity index (χ3v) is 3.93. The van der Waals surface area contributed by atoms with Gasteiger partial charge in [0.1, 0.15) is 6.04 Å². The summed E-state index contributed by atoms with van der Waals surface area (Å²) in [7, 11) is 4.94. The minimum atomic E-state index is -0.879. The van der Waals surface area contributed by atoms with E-state index in [1.54, 1.807) is 21.3 Å². The number of ether oxygens (including phenoxy) is 2. The van der Waals surface area contributed by atoms with Crippen molar-refractivity contribution in [3.05, 3.63) is 59.7 Å². The molecule has 138 valence electrons. The Morgan fingerprint density at radius 3 is 2.31 bits per heavy atom. The molecule has 0 fully saturated rings. The summed E-state index contributed by atoms with van der Waals surface area (Å²) in [4.78, 5) is 25.5. The number of carbonyl (C=O) groups is 2. The summed E-state index contributed by atoms with van der Waals surface area (Å²) >= 11 is 0. The summed E-state index contributed by atoms with van der Waals surface area (Å²) in [5.41, 5.74) is 6.80. The second-order valence-electron chi connectivity index (χ2n) is 5.77. The first-order valence-corrected chi connectivity index (χ1v) is 8.02. The van der Waals surface area contributed by atoms with E-state index in [0.717, 1.165) is 11.1 Å². The number of likely N-dealkylation sites (N-methyl/N-ethyl adjacent to an activating group) is 1. The molecule has 2 rings (SSSR count). The molecule has 2 aromatic rings. The van der Waals surface area contributed by atoms with E-state index >= 15 is 0 Å². The molecule has 0 radical (unpaired) electrons. The van der Waals surface area contributed by atoms with Crippen molar-refractivity contribution >= 4 is 11.9 Å². The molecular weight excluding hydrogens is 334 g/mol. The van der Waals surface area contributed by atoms with Crippen LogP contribution in [0.5, 0.6) is 11.5 Å². The van der Waals surface area contributed by atoms with E-state index < -0.39 is 18.0 Å². The van der Waals surface area contributed by atoms with E-state index in [1.165, 1.54) is 0 Å². The maximum absolute atomic E-state index is 12.5. The fraction of sp³-hybridized carbons (Fsp3) is 0.263. The van der Waals surface area contributed by atoms with Crippen LogP contribution in [0.2, 0.25) is 0 Å². The number of nitrogens with two attached hydrogens (primary N) is 1. The Balaban J connectivity index is 2.27. The minimum absolute atomic E-state index is 0.450. The van der Waals surface area contributed by atoms with Crippen LogP contribution in [0.3, 0.4) is 0 Å². The lowest BCUT2D eigenvalue weighted by Gasteiger charge is -2.27. The Labute approximate surface area is 152 Å². The molecule has 2 aromatic carbocycles. The zero-order chi connectivity index (χ0) is 19.1. The van der Waals surface area contributed by atoms with Crippen molar-refractivity contribution in [1.82, 2.24) is 10.2 Å². The van der Waals surface area contributed by atoms with Gasteiger partial charge in [-0.25, -0.2) is 4.79 Å². The van der Waals surface area contributed by atoms with Crippen molar-refractivity contribution in [2.24, 2.45) is 5.73 Å². The summed E-state index contributed by atoms with van der Waals surface area (Å²) in [5, 5.41) is 2.16. The number of nitrogens with one attached hydrogen (secondary N) is 1. The molecule has 0 saturated carbocycles. The van der Waals surface area contributed by atoms with Gasteiger partial charge in [-0.2, -0.15) is 0 Å². The Hall–Kier alpha value is -3.06. The van der Waals surface area contributed by atoms with Crippen molar-refractivity contribution < 1.29 is 19.1 Å². The van der Waals surface area contributed by atoms with E-state index in [0.29, 0.717) is 18.0 Å². The van der Waals surface area contributed by atoms with Crippen LogP contribution in [0.4, 0.5) is 4.79 Å². The number of methoxy groups -OCH3 is 2. The third kappa shape index (κ3) is 4.73. The van der Waals surface area contributed by atoms with Gasteiger partial charge in [-0.1, -0.05) is 36.4 Å². The number of imide groups is 1. The van der Waals surface area contributed by atoms with Crippen molar-refractivity contribution in [2.45, 2.75) is 12.6 Å². The van der Waals surface area contributed by atoms with Gasteiger partial charge in [0.25, 0.3) is 0 Å². The number of primary amides is 1. The van der Waals surface area contributed by atoms with Crippen LogP contribution in [0.25, 0.3) is 0 Å². The molecule has 0 heterocycles. The first kappa shape index (κ1) is 19.3. The van der Waals surface area contributed by atoms with Crippen LogP contribution in [0.1, 0.15) is 17.2 Å². The van der Waals surface area contributed by atoms with Crippen molar-refractivity contribution in [3.8, 4) is 11.5 Å². The van der Waals surface area contributed by atoms with E-state index in [1.807, 2.05) is 53.4 Å². The van der Waals surface area contributed by atoms with Gasteiger partial charge in [0.2, 0.25) is 5.91 Å². The molecule has 1 unspecified atom stereocenters. The predicted molar refractivity (Wildman–Crippen MR) is 97.9 cm³/mol. The van der Waals surface area contributed by atoms with Crippen LogP contribution < -0.4 is 20.5 Å². The van der Waals surface area contributed by atoms with Gasteiger partial charge in [-0.15, -0.1) is 0 Å². The fourth-order valence-electron chi connectivity index (χ4n) is 2.79. The highest BCUT2D eigenvalue weighted by Gasteiger charge is 2.26. The highest BCUT2D eigenvalue weighted by molar-refractivity contribution is 5.96. The number of hydrogen-bond acceptors (Lipinski definition) is 5. The molecule has 1 atom stereocenters. The topological polar surface area (TPSA) is 93.9 Å². The molecule has 0 aromatic heterocycles. The number of carbonyl (C=O) groups excluding carboxylic acids is 2. The molecule has 0 aliphatic rings. The largest absolute Gasteiger partial charge is 0.493 e. The standard InChI is InChI=1S/C19H23N3O4/c1-22(12-13-9-10-15(25-2)16(11-13)26-3)17(18(23)21-19(20)24)14-7-5-4-6-8-14/h4-11,17H,12H2,1-3H3,(H3,20,21,23,24). The van der Waals surface area contributed by atoms with E-state index in [-0.39, 0.29) is 0 Å². The molecule has 0 spiro atoms. The number of benzene rings is 2. The quantitative estimate of drug-likeness (QED) is 0.791. The van der Waals surface area contributed by atoms with E-state index in [9.17, 15) is 9.59 Å². The second-order valence-corrected chi connectivity index (χ2v) is 5.77. The smallest absolute Gasteiger partial charge is 0.318 e. The number of rotatable bonds is 7. The molecule has 3 amide bonds. The first-order chi connectivity index (χ1) is 12.5. The Kier molecular flexibility index (Phi) is 6.57. The lowest BCUT2D eigenvalue weighted by molar-refractivity contribution is -0.125. The lowest BCUT2D eigenvalue weighted by atomic mass is 10.0. The molecular formula is C19H23N3O4. The van der Waals surface area contributed by atoms with Gasteiger partial charge >= 0.3 is 6.03 Å². The molecule has 3 N–H and O–H groups in total. The van der Waals surface area contributed by atoms with Crippen LogP contribution >= 0.6 is 0 Å². The minimum Gasteiger partial charge on any atom is -0.493 e. The summed E-state index contributed by atoms with van der Waals surface area (Å²) in [6.07, 6.45) is 0. The van der Waals surface area contributed by atoms with Crippen LogP contribution in [0.15, 0.2) is 48.5 Å². The zero-order valence-electron chi connectivity index (χ0n) is 15.1. The van der Waals surface area contributed by atoms with Gasteiger partial charge in [0.15, 0.2) is 11.5 Å². The SMILES string of the molecule is COc1ccc(CN(C)C(C(=O)NC(N)=O)c2ccccc2)cc1OC. The number of nitrogens with zero attached hydrogens (tertiary/aromatic N) is 1. The first-order valence-electron chi connectivity index (χ1n) is 8.02. The molecule has 0 aliphatic carbocycles. The predicted octanol–water partition coefficient (Wildman–Crippen LogP) is 2.07. The highest BCUT2D eigenvalue weighted by Crippen LogP contribution is 2.29. The van der Waals surface area contributed by atoms with Crippen LogP contribution in [0, 0.1) is 0 Å². The summed E-state index contributed by atoms with van der Waals surface area (Å²) in [5.74, 6) is 0.757. The monoisotopic (exact) mass is 357 g/mol. The van der Waals surface area contributed by atoms with Crippen molar-refractivity contribution in [3.63, 3.8) is 0 Å². The van der Waals surface area contributed by atoms with Gasteiger partial charge in [0.05, 0.1) is 14.2 Å². The van der Waals surface area contributed by atoms with Gasteiger partial charge in [-0.3, -0.25) is 15.0 Å². The fourth-order valence-corrected chi connectivity index (χ4v) is 2.79. The van der Waals surface area contributed by atoms with E-state index in [2.05, 4.69) is 5.32 Å². The molecule has 0 aliphatic heterocycles. The Morgan fingerprint density at radius 1 is 1.08 bits per heavy atom. The second kappa shape index (κ2) is 8.87. The maximum Gasteiger partial charge on any atom is 0.318 e. The molecule has 26 heavy (non-hydrogen) atoms. The van der Waals surface area contributed by atoms with Crippen molar-refractivity contribution in [2.75, 3.05) is 21.3 Å². The third-order valence-electron chi connectivity index (χ3n) is 3.93. The van der Waals surface area contributed by atoms with Gasteiger partial charge in [-0.05, 0) is 30.3 Å². The Bertz CT molecular complexity index is 765. The maximum atomic E-state index is 12.5.